The van der Waals surface area contributed by atoms with Crippen LogP contribution in [0.2, 0.25) is 0 Å². The van der Waals surface area contributed by atoms with Crippen LogP contribution in [-0.2, 0) is 9.84 Å². The Hall–Kier alpha value is -3.17. The first-order chi connectivity index (χ1) is 15.4. The van der Waals surface area contributed by atoms with Crippen molar-refractivity contribution in [3.05, 3.63) is 71.9 Å². The van der Waals surface area contributed by atoms with Gasteiger partial charge in [-0.3, -0.25) is 9.48 Å². The fraction of sp³-hybridized carbons (Fsp3) is 0.304. The minimum atomic E-state index is -3.14. The predicted molar refractivity (Wildman–Crippen MR) is 120 cm³/mol. The maximum atomic E-state index is 13.0. The number of sulfone groups is 1. The largest absolute Gasteiger partial charge is 0.497 e. The molecule has 168 valence electrons. The van der Waals surface area contributed by atoms with Gasteiger partial charge in [-0.25, -0.2) is 8.42 Å². The number of methoxy groups -OCH3 is 1. The van der Waals surface area contributed by atoms with E-state index in [9.17, 15) is 18.3 Å². The second-order valence-corrected chi connectivity index (χ2v) is 9.99. The smallest absolute Gasteiger partial charge is 0.272 e. The lowest BCUT2D eigenvalue weighted by molar-refractivity contribution is 0.0910. The third-order valence-electron chi connectivity index (χ3n) is 5.60. The molecule has 2 aromatic carbocycles. The third-order valence-corrected chi connectivity index (χ3v) is 7.35. The van der Waals surface area contributed by atoms with Crippen LogP contribution < -0.4 is 10.1 Å². The van der Waals surface area contributed by atoms with Crippen LogP contribution in [0.1, 0.15) is 34.6 Å². The van der Waals surface area contributed by atoms with Gasteiger partial charge >= 0.3 is 0 Å². The van der Waals surface area contributed by atoms with Crippen LogP contribution in [0.15, 0.2) is 60.7 Å². The van der Waals surface area contributed by atoms with E-state index in [1.165, 1.54) is 0 Å². The SMILES string of the molecule is COc1ccc(-c2cc(C(=O)N[C@@H](CO)c3ccccc3)nn2[C@@H]2CCS(=O)(=O)C2)cc1. The van der Waals surface area contributed by atoms with E-state index in [0.717, 1.165) is 11.1 Å². The minimum absolute atomic E-state index is 0.0117. The minimum Gasteiger partial charge on any atom is -0.497 e. The number of aliphatic hydroxyl groups excluding tert-OH is 1. The van der Waals surface area contributed by atoms with Crippen molar-refractivity contribution >= 4 is 15.7 Å². The van der Waals surface area contributed by atoms with E-state index in [1.54, 1.807) is 30.0 Å². The molecule has 0 unspecified atom stereocenters. The van der Waals surface area contributed by atoms with Crippen molar-refractivity contribution < 1.29 is 23.1 Å². The lowest BCUT2D eigenvalue weighted by atomic mass is 10.1. The molecule has 0 spiro atoms. The van der Waals surface area contributed by atoms with E-state index in [2.05, 4.69) is 10.4 Å². The molecule has 9 heteroatoms. The van der Waals surface area contributed by atoms with Gasteiger partial charge in [-0.05, 0) is 42.3 Å². The van der Waals surface area contributed by atoms with Gasteiger partial charge in [0.1, 0.15) is 5.75 Å². The second kappa shape index (κ2) is 9.13. The zero-order valence-electron chi connectivity index (χ0n) is 17.6. The lowest BCUT2D eigenvalue weighted by Gasteiger charge is -2.16. The molecule has 1 aliphatic rings. The Bertz CT molecular complexity index is 1190. The lowest BCUT2D eigenvalue weighted by Crippen LogP contribution is -2.31. The number of nitrogens with one attached hydrogen (secondary N) is 1. The van der Waals surface area contributed by atoms with E-state index in [4.69, 9.17) is 4.74 Å². The van der Waals surface area contributed by atoms with Crippen LogP contribution >= 0.6 is 0 Å². The first kappa shape index (κ1) is 22.0. The van der Waals surface area contributed by atoms with Gasteiger partial charge in [-0.2, -0.15) is 5.10 Å². The molecule has 0 radical (unpaired) electrons. The van der Waals surface area contributed by atoms with Crippen molar-refractivity contribution in [1.29, 1.82) is 0 Å². The first-order valence-electron chi connectivity index (χ1n) is 10.3. The van der Waals surface area contributed by atoms with E-state index in [1.807, 2.05) is 42.5 Å². The summed E-state index contributed by atoms with van der Waals surface area (Å²) in [5.41, 5.74) is 2.39. The molecule has 1 amide bonds. The fourth-order valence-corrected chi connectivity index (χ4v) is 5.57. The molecule has 1 fully saturated rings. The average molecular weight is 456 g/mol. The van der Waals surface area contributed by atoms with Gasteiger partial charge in [0.15, 0.2) is 15.5 Å². The molecule has 0 bridgehead atoms. The molecule has 1 aliphatic heterocycles. The molecule has 4 rings (SSSR count). The molecule has 1 saturated heterocycles. The normalized spacial score (nSPS) is 18.2. The van der Waals surface area contributed by atoms with Crippen LogP contribution in [0.4, 0.5) is 0 Å². The molecular formula is C23H25N3O5S. The maximum absolute atomic E-state index is 13.0. The molecule has 3 aromatic rings. The highest BCUT2D eigenvalue weighted by Crippen LogP contribution is 2.31. The summed E-state index contributed by atoms with van der Waals surface area (Å²) in [7, 11) is -1.56. The molecule has 32 heavy (non-hydrogen) atoms. The molecule has 2 N–H and O–H groups in total. The summed E-state index contributed by atoms with van der Waals surface area (Å²) in [6.07, 6.45) is 0.442. The van der Waals surface area contributed by atoms with E-state index in [0.29, 0.717) is 17.9 Å². The number of ether oxygens (including phenoxy) is 1. The van der Waals surface area contributed by atoms with Crippen LogP contribution in [0.3, 0.4) is 0 Å². The van der Waals surface area contributed by atoms with Crippen LogP contribution in [0.25, 0.3) is 11.3 Å². The number of aliphatic hydroxyl groups is 1. The summed E-state index contributed by atoms with van der Waals surface area (Å²) in [6, 6.07) is 17.2. The summed E-state index contributed by atoms with van der Waals surface area (Å²) in [4.78, 5) is 13.0. The van der Waals surface area contributed by atoms with Gasteiger partial charge < -0.3 is 15.2 Å². The topological polar surface area (TPSA) is 111 Å². The van der Waals surface area contributed by atoms with E-state index in [-0.39, 0.29) is 29.8 Å². The van der Waals surface area contributed by atoms with Gasteiger partial charge in [0.2, 0.25) is 0 Å². The Morgan fingerprint density at radius 2 is 1.94 bits per heavy atom. The molecule has 0 saturated carbocycles. The monoisotopic (exact) mass is 455 g/mol. The van der Waals surface area contributed by atoms with Gasteiger partial charge in [0, 0.05) is 5.56 Å². The van der Waals surface area contributed by atoms with Crippen molar-refractivity contribution in [1.82, 2.24) is 15.1 Å². The number of carbonyl (C=O) groups is 1. The Labute approximate surface area is 186 Å². The molecule has 2 heterocycles. The number of benzene rings is 2. The third kappa shape index (κ3) is 4.68. The standard InChI is InChI=1S/C23H25N3O5S/c1-31-19-9-7-17(8-10-19)22-13-20(25-26(22)18-11-12-32(29,30)15-18)23(28)24-21(14-27)16-5-3-2-4-6-16/h2-10,13,18,21,27H,11-12,14-15H2,1H3,(H,24,28)/t18-,21+/m1/s1. The first-order valence-corrected chi connectivity index (χ1v) is 12.1. The van der Waals surface area contributed by atoms with Gasteiger partial charge in [0.25, 0.3) is 5.91 Å². The van der Waals surface area contributed by atoms with Crippen molar-refractivity contribution in [2.45, 2.75) is 18.5 Å². The zero-order chi connectivity index (χ0) is 22.7. The summed E-state index contributed by atoms with van der Waals surface area (Å²) in [5, 5.41) is 17.1. The van der Waals surface area contributed by atoms with Crippen molar-refractivity contribution in [2.75, 3.05) is 25.2 Å². The van der Waals surface area contributed by atoms with E-state index >= 15 is 0 Å². The number of hydrogen-bond acceptors (Lipinski definition) is 6. The highest BCUT2D eigenvalue weighted by molar-refractivity contribution is 7.91. The Morgan fingerprint density at radius 1 is 1.22 bits per heavy atom. The number of hydrogen-bond donors (Lipinski definition) is 2. The highest BCUT2D eigenvalue weighted by atomic mass is 32.2. The summed E-state index contributed by atoms with van der Waals surface area (Å²) >= 11 is 0. The van der Waals surface area contributed by atoms with Crippen molar-refractivity contribution in [2.24, 2.45) is 0 Å². The van der Waals surface area contributed by atoms with Crippen LogP contribution in [0.5, 0.6) is 5.75 Å². The van der Waals surface area contributed by atoms with Gasteiger partial charge in [-0.1, -0.05) is 30.3 Å². The molecule has 1 aromatic heterocycles. The summed E-state index contributed by atoms with van der Waals surface area (Å²) in [5.74, 6) is 0.335. The van der Waals surface area contributed by atoms with Crippen molar-refractivity contribution in [3.8, 4) is 17.0 Å². The number of rotatable bonds is 7. The summed E-state index contributed by atoms with van der Waals surface area (Å²) < 4.78 is 31.0. The Morgan fingerprint density at radius 3 is 2.53 bits per heavy atom. The zero-order valence-corrected chi connectivity index (χ0v) is 18.5. The Balaban J connectivity index is 1.67. The quantitative estimate of drug-likeness (QED) is 0.566. The molecular weight excluding hydrogens is 430 g/mol. The second-order valence-electron chi connectivity index (χ2n) is 7.76. The fourth-order valence-electron chi connectivity index (χ4n) is 3.88. The van der Waals surface area contributed by atoms with Crippen molar-refractivity contribution in [3.63, 3.8) is 0 Å². The van der Waals surface area contributed by atoms with Gasteiger partial charge in [0.05, 0.1) is 43.0 Å². The van der Waals surface area contributed by atoms with Crippen LogP contribution in [0, 0.1) is 0 Å². The molecule has 0 aliphatic carbocycles. The molecule has 8 nitrogen and oxygen atoms in total. The maximum Gasteiger partial charge on any atom is 0.272 e. The predicted octanol–water partition coefficient (Wildman–Crippen LogP) is 2.38. The Kier molecular flexibility index (Phi) is 6.29. The van der Waals surface area contributed by atoms with E-state index < -0.39 is 21.8 Å². The van der Waals surface area contributed by atoms with Crippen LogP contribution in [-0.4, -0.2) is 54.4 Å². The molecule has 2 atom stereocenters. The number of aromatic nitrogens is 2. The number of carbonyl (C=O) groups excluding carboxylic acids is 1. The highest BCUT2D eigenvalue weighted by Gasteiger charge is 2.32. The summed E-state index contributed by atoms with van der Waals surface area (Å²) in [6.45, 7) is -0.261. The average Bonchev–Trinajstić information content (AvgIpc) is 3.41. The number of nitrogens with zero attached hydrogens (tertiary/aromatic N) is 2. The number of amides is 1. The van der Waals surface area contributed by atoms with Gasteiger partial charge in [-0.15, -0.1) is 0 Å².